The molecule has 24 heavy (non-hydrogen) atoms. The largest absolute Gasteiger partial charge is 0.476 e. The third-order valence-corrected chi connectivity index (χ3v) is 8.20. The first-order valence-corrected chi connectivity index (χ1v) is 10.8. The second kappa shape index (κ2) is 5.11. The van der Waals surface area contributed by atoms with Crippen molar-refractivity contribution in [1.82, 2.24) is 9.21 Å². The van der Waals surface area contributed by atoms with Gasteiger partial charge in [0.25, 0.3) is 0 Å². The summed E-state index contributed by atoms with van der Waals surface area (Å²) in [5, 5.41) is 0. The zero-order chi connectivity index (χ0) is 16.4. The van der Waals surface area contributed by atoms with Crippen molar-refractivity contribution < 1.29 is 13.2 Å². The lowest BCUT2D eigenvalue weighted by molar-refractivity contribution is 0.0622. The summed E-state index contributed by atoms with van der Waals surface area (Å²) in [5.74, 6) is 1.35. The monoisotopic (exact) mass is 348 g/mol. The molecule has 0 radical (unpaired) electrons. The van der Waals surface area contributed by atoms with E-state index >= 15 is 0 Å². The number of allylic oxidation sites excluding steroid dienone is 3. The molecule has 4 aliphatic heterocycles. The first-order valence-electron chi connectivity index (χ1n) is 9.16. The zero-order valence-electron chi connectivity index (χ0n) is 13.9. The van der Waals surface area contributed by atoms with Gasteiger partial charge >= 0.3 is 0 Å². The highest BCUT2D eigenvalue weighted by atomic mass is 32.2. The summed E-state index contributed by atoms with van der Waals surface area (Å²) < 4.78 is 32.8. The van der Waals surface area contributed by atoms with Crippen LogP contribution in [0.3, 0.4) is 0 Å². The third kappa shape index (κ3) is 1.99. The molecule has 0 aromatic rings. The second-order valence-corrected chi connectivity index (χ2v) is 9.65. The lowest BCUT2D eigenvalue weighted by Crippen LogP contribution is -2.37. The van der Waals surface area contributed by atoms with Gasteiger partial charge in [0, 0.05) is 25.4 Å². The number of hydrogen-bond donors (Lipinski definition) is 0. The van der Waals surface area contributed by atoms with E-state index in [0.29, 0.717) is 6.54 Å². The second-order valence-electron chi connectivity index (χ2n) is 7.61. The molecule has 2 atom stereocenters. The molecule has 5 rings (SSSR count). The summed E-state index contributed by atoms with van der Waals surface area (Å²) in [6.45, 7) is 0.606. The van der Waals surface area contributed by atoms with Gasteiger partial charge in [-0.3, -0.25) is 0 Å². The van der Waals surface area contributed by atoms with E-state index in [9.17, 15) is 8.42 Å². The van der Waals surface area contributed by atoms with Crippen molar-refractivity contribution in [1.29, 1.82) is 0 Å². The Hall–Kier alpha value is -1.27. The molecule has 4 heterocycles. The fourth-order valence-electron chi connectivity index (χ4n) is 5.14. The molecule has 2 unspecified atom stereocenters. The van der Waals surface area contributed by atoms with Crippen LogP contribution in [0.1, 0.15) is 51.4 Å². The third-order valence-electron chi connectivity index (χ3n) is 6.27. The zero-order valence-corrected chi connectivity index (χ0v) is 14.7. The standard InChI is InChI=1S/C18H24N2O3S/c21-24(22)11-5-10-20(24)16-12-18-8-3-1-6-14(18)13-19-9-4-2-7-15(19)17(18)23-16/h4,9,13,16H,1-3,5-8,10-12H2. The molecule has 5 aliphatic rings. The molecule has 130 valence electrons. The van der Waals surface area contributed by atoms with Crippen molar-refractivity contribution >= 4 is 10.0 Å². The van der Waals surface area contributed by atoms with Crippen molar-refractivity contribution in [3.8, 4) is 0 Å². The average Bonchev–Trinajstić information content (AvgIpc) is 3.12. The smallest absolute Gasteiger partial charge is 0.217 e. The van der Waals surface area contributed by atoms with E-state index in [1.807, 2.05) is 0 Å². The first-order chi connectivity index (χ1) is 11.6. The maximum absolute atomic E-state index is 12.4. The Balaban J connectivity index is 1.59. The molecule has 0 aromatic carbocycles. The van der Waals surface area contributed by atoms with Crippen LogP contribution in [-0.2, 0) is 14.8 Å². The normalized spacial score (nSPS) is 37.6. The highest BCUT2D eigenvalue weighted by molar-refractivity contribution is 7.89. The van der Waals surface area contributed by atoms with Crippen LogP contribution >= 0.6 is 0 Å². The molecule has 2 saturated heterocycles. The summed E-state index contributed by atoms with van der Waals surface area (Å²) in [7, 11) is -3.15. The highest BCUT2D eigenvalue weighted by Gasteiger charge is 2.55. The molecule has 0 aromatic heterocycles. The Morgan fingerprint density at radius 2 is 2.12 bits per heavy atom. The van der Waals surface area contributed by atoms with Gasteiger partial charge in [-0.1, -0.05) is 12.5 Å². The van der Waals surface area contributed by atoms with Crippen molar-refractivity contribution in [2.24, 2.45) is 5.41 Å². The molecule has 1 spiro atoms. The number of hydrogen-bond acceptors (Lipinski definition) is 4. The lowest BCUT2D eigenvalue weighted by Gasteiger charge is -2.42. The molecule has 6 heteroatoms. The number of rotatable bonds is 1. The van der Waals surface area contributed by atoms with E-state index in [1.165, 1.54) is 24.1 Å². The van der Waals surface area contributed by atoms with Crippen LogP contribution in [0.5, 0.6) is 0 Å². The summed E-state index contributed by atoms with van der Waals surface area (Å²) >= 11 is 0. The van der Waals surface area contributed by atoms with Crippen LogP contribution in [0.15, 0.2) is 35.5 Å². The van der Waals surface area contributed by atoms with Crippen molar-refractivity contribution in [3.05, 3.63) is 35.5 Å². The van der Waals surface area contributed by atoms with Gasteiger partial charge in [0.1, 0.15) is 5.76 Å². The minimum Gasteiger partial charge on any atom is -0.476 e. The van der Waals surface area contributed by atoms with Crippen molar-refractivity contribution in [2.75, 3.05) is 12.3 Å². The van der Waals surface area contributed by atoms with Crippen LogP contribution in [0.2, 0.25) is 0 Å². The molecular weight excluding hydrogens is 324 g/mol. The summed E-state index contributed by atoms with van der Waals surface area (Å²) in [4.78, 5) is 2.22. The van der Waals surface area contributed by atoms with Gasteiger partial charge in [-0.15, -0.1) is 0 Å². The van der Waals surface area contributed by atoms with E-state index < -0.39 is 10.0 Å². The van der Waals surface area contributed by atoms with Crippen LogP contribution in [0, 0.1) is 5.41 Å². The molecular formula is C18H24N2O3S. The molecule has 1 aliphatic carbocycles. The Labute approximate surface area is 143 Å². The lowest BCUT2D eigenvalue weighted by atomic mass is 9.66. The fourth-order valence-corrected chi connectivity index (χ4v) is 6.75. The highest BCUT2D eigenvalue weighted by Crippen LogP contribution is 2.59. The van der Waals surface area contributed by atoms with Gasteiger partial charge in [0.15, 0.2) is 6.23 Å². The number of sulfonamides is 1. The topological polar surface area (TPSA) is 49.9 Å². The van der Waals surface area contributed by atoms with Crippen LogP contribution < -0.4 is 0 Å². The number of nitrogens with zero attached hydrogens (tertiary/aromatic N) is 2. The average molecular weight is 348 g/mol. The minimum absolute atomic E-state index is 0.0436. The predicted molar refractivity (Wildman–Crippen MR) is 90.8 cm³/mol. The number of ether oxygens (including phenoxy) is 1. The Morgan fingerprint density at radius 3 is 2.96 bits per heavy atom. The Morgan fingerprint density at radius 1 is 1.21 bits per heavy atom. The van der Waals surface area contributed by atoms with Gasteiger partial charge in [-0.05, 0) is 44.1 Å². The van der Waals surface area contributed by atoms with E-state index in [2.05, 4.69) is 23.4 Å². The van der Waals surface area contributed by atoms with Gasteiger partial charge in [-0.2, -0.15) is 4.31 Å². The van der Waals surface area contributed by atoms with E-state index in [4.69, 9.17) is 4.74 Å². The summed E-state index contributed by atoms with van der Waals surface area (Å²) in [6.07, 6.45) is 14.5. The first kappa shape index (κ1) is 15.0. The van der Waals surface area contributed by atoms with Crippen molar-refractivity contribution in [3.63, 3.8) is 0 Å². The minimum atomic E-state index is -3.15. The fraction of sp³-hybridized carbons (Fsp3) is 0.667. The SMILES string of the molecule is O=S1(=O)CCCN1C1CC23CCCCC2=CN2C=CCCC2=C3O1. The van der Waals surface area contributed by atoms with Crippen LogP contribution in [0.4, 0.5) is 0 Å². The predicted octanol–water partition coefficient (Wildman–Crippen LogP) is 3.05. The molecule has 5 nitrogen and oxygen atoms in total. The molecule has 0 N–H and O–H groups in total. The van der Waals surface area contributed by atoms with Gasteiger partial charge < -0.3 is 9.64 Å². The van der Waals surface area contributed by atoms with Gasteiger partial charge in [0.05, 0.1) is 16.9 Å². The van der Waals surface area contributed by atoms with Crippen LogP contribution in [0.25, 0.3) is 0 Å². The van der Waals surface area contributed by atoms with E-state index in [0.717, 1.165) is 44.3 Å². The number of fused-ring (bicyclic) bond motifs is 1. The molecule has 3 fully saturated rings. The Bertz CT molecular complexity index is 767. The molecule has 1 saturated carbocycles. The van der Waals surface area contributed by atoms with E-state index in [-0.39, 0.29) is 17.4 Å². The van der Waals surface area contributed by atoms with Gasteiger partial charge in [-0.25, -0.2) is 8.42 Å². The maximum Gasteiger partial charge on any atom is 0.217 e. The van der Waals surface area contributed by atoms with Crippen molar-refractivity contribution in [2.45, 2.75) is 57.6 Å². The molecule has 0 bridgehead atoms. The Kier molecular flexibility index (Phi) is 3.20. The van der Waals surface area contributed by atoms with E-state index in [1.54, 1.807) is 4.31 Å². The van der Waals surface area contributed by atoms with Crippen LogP contribution in [-0.4, -0.2) is 36.1 Å². The van der Waals surface area contributed by atoms with Gasteiger partial charge in [0.2, 0.25) is 10.0 Å². The molecule has 0 amide bonds. The summed E-state index contributed by atoms with van der Waals surface area (Å²) in [6, 6.07) is 0. The quantitative estimate of drug-likeness (QED) is 0.731. The maximum atomic E-state index is 12.4. The summed E-state index contributed by atoms with van der Waals surface area (Å²) in [5.41, 5.74) is 2.65.